The normalized spacial score (nSPS) is 10.2. The standard InChI is InChI=1S/C10H13N5O3/c1-16-7-4-6(15-13-10(11)12-14-15)5-8(17-2)9(7)18-3/h4-5H,1-3H3,(H2,11,13). The maximum absolute atomic E-state index is 5.42. The molecule has 0 aliphatic heterocycles. The van der Waals surface area contributed by atoms with Crippen LogP contribution >= 0.6 is 0 Å². The number of hydrogen-bond acceptors (Lipinski definition) is 7. The zero-order chi connectivity index (χ0) is 13.1. The zero-order valence-corrected chi connectivity index (χ0v) is 10.2. The number of hydrogen-bond donors (Lipinski definition) is 1. The van der Waals surface area contributed by atoms with Crippen molar-refractivity contribution in [2.45, 2.75) is 0 Å². The number of anilines is 1. The topological polar surface area (TPSA) is 97.3 Å². The Balaban J connectivity index is 2.56. The second kappa shape index (κ2) is 4.78. The smallest absolute Gasteiger partial charge is 0.261 e. The Bertz CT molecular complexity index is 529. The fourth-order valence-corrected chi connectivity index (χ4v) is 1.52. The summed E-state index contributed by atoms with van der Waals surface area (Å²) in [7, 11) is 4.60. The van der Waals surface area contributed by atoms with E-state index in [0.717, 1.165) is 0 Å². The van der Waals surface area contributed by atoms with E-state index in [9.17, 15) is 0 Å². The molecule has 0 amide bonds. The lowest BCUT2D eigenvalue weighted by atomic mass is 10.2. The van der Waals surface area contributed by atoms with Crippen LogP contribution in [0, 0.1) is 0 Å². The molecule has 18 heavy (non-hydrogen) atoms. The van der Waals surface area contributed by atoms with Crippen LogP contribution in [0.3, 0.4) is 0 Å². The molecule has 1 heterocycles. The minimum absolute atomic E-state index is 0.0868. The average Bonchev–Trinajstić information content (AvgIpc) is 2.83. The van der Waals surface area contributed by atoms with Crippen LogP contribution < -0.4 is 19.9 Å². The van der Waals surface area contributed by atoms with Crippen LogP contribution in [-0.4, -0.2) is 41.5 Å². The van der Waals surface area contributed by atoms with Gasteiger partial charge in [-0.15, -0.1) is 9.90 Å². The summed E-state index contributed by atoms with van der Waals surface area (Å²) in [5, 5.41) is 11.3. The molecule has 8 heteroatoms. The monoisotopic (exact) mass is 251 g/mol. The summed E-state index contributed by atoms with van der Waals surface area (Å²) in [4.78, 5) is 1.28. The SMILES string of the molecule is COc1cc(-n2nnc(N)n2)cc(OC)c1OC. The summed E-state index contributed by atoms with van der Waals surface area (Å²) in [5.74, 6) is 1.59. The van der Waals surface area contributed by atoms with Crippen LogP contribution in [0.2, 0.25) is 0 Å². The number of nitrogens with zero attached hydrogens (tertiary/aromatic N) is 4. The molecule has 0 spiro atoms. The Labute approximate surface area is 103 Å². The molecule has 0 radical (unpaired) electrons. The number of nitrogens with two attached hydrogens (primary N) is 1. The van der Waals surface area contributed by atoms with Crippen molar-refractivity contribution < 1.29 is 14.2 Å². The summed E-state index contributed by atoms with van der Waals surface area (Å²) in [6.07, 6.45) is 0. The van der Waals surface area contributed by atoms with E-state index in [2.05, 4.69) is 15.4 Å². The van der Waals surface area contributed by atoms with Gasteiger partial charge in [0.15, 0.2) is 11.5 Å². The molecule has 2 aromatic rings. The van der Waals surface area contributed by atoms with Crippen molar-refractivity contribution >= 4 is 5.95 Å². The second-order valence-electron chi connectivity index (χ2n) is 3.32. The predicted molar refractivity (Wildman–Crippen MR) is 63.2 cm³/mol. The lowest BCUT2D eigenvalue weighted by Crippen LogP contribution is -2.02. The number of ether oxygens (including phenoxy) is 3. The highest BCUT2D eigenvalue weighted by Gasteiger charge is 2.15. The van der Waals surface area contributed by atoms with E-state index in [-0.39, 0.29) is 5.95 Å². The van der Waals surface area contributed by atoms with Gasteiger partial charge >= 0.3 is 0 Å². The minimum Gasteiger partial charge on any atom is -0.493 e. The number of aromatic nitrogens is 4. The second-order valence-corrected chi connectivity index (χ2v) is 3.32. The van der Waals surface area contributed by atoms with Gasteiger partial charge in [-0.3, -0.25) is 0 Å². The molecule has 0 fully saturated rings. The highest BCUT2D eigenvalue weighted by Crippen LogP contribution is 2.38. The average molecular weight is 251 g/mol. The summed E-state index contributed by atoms with van der Waals surface area (Å²) in [6, 6.07) is 3.39. The van der Waals surface area contributed by atoms with Crippen molar-refractivity contribution in [1.29, 1.82) is 0 Å². The molecule has 0 aliphatic carbocycles. The molecular formula is C10H13N5O3. The van der Waals surface area contributed by atoms with Crippen LogP contribution in [-0.2, 0) is 0 Å². The highest BCUT2D eigenvalue weighted by atomic mass is 16.5. The van der Waals surface area contributed by atoms with Gasteiger partial charge in [0.2, 0.25) is 5.75 Å². The van der Waals surface area contributed by atoms with E-state index in [1.165, 1.54) is 26.1 Å². The molecule has 2 rings (SSSR count). The Hall–Kier alpha value is -2.51. The van der Waals surface area contributed by atoms with Crippen LogP contribution in [0.4, 0.5) is 5.95 Å². The van der Waals surface area contributed by atoms with E-state index >= 15 is 0 Å². The predicted octanol–water partition coefficient (Wildman–Crippen LogP) is 0.270. The maximum Gasteiger partial charge on any atom is 0.261 e. The molecular weight excluding hydrogens is 238 g/mol. The van der Waals surface area contributed by atoms with Crippen molar-refractivity contribution in [2.24, 2.45) is 0 Å². The lowest BCUT2D eigenvalue weighted by Gasteiger charge is -2.13. The third-order valence-corrected chi connectivity index (χ3v) is 2.31. The first kappa shape index (κ1) is 12.0. The Morgan fingerprint density at radius 2 is 1.67 bits per heavy atom. The van der Waals surface area contributed by atoms with E-state index in [1.807, 2.05) is 0 Å². The van der Waals surface area contributed by atoms with E-state index in [1.54, 1.807) is 12.1 Å². The molecule has 0 saturated carbocycles. The van der Waals surface area contributed by atoms with Gasteiger partial charge in [-0.2, -0.15) is 0 Å². The third kappa shape index (κ3) is 1.99. The van der Waals surface area contributed by atoms with Crippen molar-refractivity contribution in [1.82, 2.24) is 20.2 Å². The van der Waals surface area contributed by atoms with Crippen LogP contribution in [0.1, 0.15) is 0 Å². The molecule has 1 aromatic heterocycles. The number of nitrogen functional groups attached to an aromatic ring is 1. The first-order valence-electron chi connectivity index (χ1n) is 5.05. The lowest BCUT2D eigenvalue weighted by molar-refractivity contribution is 0.324. The zero-order valence-electron chi connectivity index (χ0n) is 10.2. The summed E-state index contributed by atoms with van der Waals surface area (Å²) in [6.45, 7) is 0. The molecule has 0 unspecified atom stereocenters. The number of tetrazole rings is 1. The van der Waals surface area contributed by atoms with Gasteiger partial charge in [-0.25, -0.2) is 0 Å². The highest BCUT2D eigenvalue weighted by molar-refractivity contribution is 5.57. The molecule has 0 saturated heterocycles. The first-order chi connectivity index (χ1) is 8.69. The summed E-state index contributed by atoms with van der Waals surface area (Å²) < 4.78 is 15.7. The van der Waals surface area contributed by atoms with Crippen molar-refractivity contribution in [3.8, 4) is 22.9 Å². The van der Waals surface area contributed by atoms with Crippen molar-refractivity contribution in [3.05, 3.63) is 12.1 Å². The van der Waals surface area contributed by atoms with Gasteiger partial charge in [-0.05, 0) is 5.21 Å². The van der Waals surface area contributed by atoms with Crippen molar-refractivity contribution in [2.75, 3.05) is 27.1 Å². The fourth-order valence-electron chi connectivity index (χ4n) is 1.52. The maximum atomic E-state index is 5.42. The number of rotatable bonds is 4. The molecule has 0 bridgehead atoms. The van der Waals surface area contributed by atoms with Gasteiger partial charge in [0.05, 0.1) is 27.0 Å². The molecule has 0 aliphatic rings. The first-order valence-corrected chi connectivity index (χ1v) is 5.05. The van der Waals surface area contributed by atoms with Gasteiger partial charge in [0, 0.05) is 12.1 Å². The Kier molecular flexibility index (Phi) is 3.18. The summed E-state index contributed by atoms with van der Waals surface area (Å²) >= 11 is 0. The van der Waals surface area contributed by atoms with Gasteiger partial charge in [0.25, 0.3) is 5.95 Å². The molecule has 8 nitrogen and oxygen atoms in total. The molecule has 1 aromatic carbocycles. The quantitative estimate of drug-likeness (QED) is 0.832. The van der Waals surface area contributed by atoms with Gasteiger partial charge in [-0.1, -0.05) is 5.10 Å². The molecule has 0 atom stereocenters. The summed E-state index contributed by atoms with van der Waals surface area (Å²) in [5.41, 5.74) is 6.03. The van der Waals surface area contributed by atoms with Crippen molar-refractivity contribution in [3.63, 3.8) is 0 Å². The Morgan fingerprint density at radius 1 is 1.06 bits per heavy atom. The largest absolute Gasteiger partial charge is 0.493 e. The van der Waals surface area contributed by atoms with Gasteiger partial charge in [0.1, 0.15) is 0 Å². The van der Waals surface area contributed by atoms with E-state index < -0.39 is 0 Å². The molecule has 96 valence electrons. The Morgan fingerprint density at radius 3 is 2.06 bits per heavy atom. The minimum atomic E-state index is 0.0868. The van der Waals surface area contributed by atoms with Crippen LogP contribution in [0.5, 0.6) is 17.2 Å². The van der Waals surface area contributed by atoms with Crippen LogP contribution in [0.15, 0.2) is 12.1 Å². The van der Waals surface area contributed by atoms with E-state index in [0.29, 0.717) is 22.9 Å². The molecule has 2 N–H and O–H groups in total. The third-order valence-electron chi connectivity index (χ3n) is 2.31. The van der Waals surface area contributed by atoms with Crippen LogP contribution in [0.25, 0.3) is 5.69 Å². The van der Waals surface area contributed by atoms with E-state index in [4.69, 9.17) is 19.9 Å². The number of benzene rings is 1. The number of methoxy groups -OCH3 is 3. The fraction of sp³-hybridized carbons (Fsp3) is 0.300. The van der Waals surface area contributed by atoms with Gasteiger partial charge < -0.3 is 19.9 Å².